The van der Waals surface area contributed by atoms with Gasteiger partial charge in [-0.2, -0.15) is 0 Å². The summed E-state index contributed by atoms with van der Waals surface area (Å²) in [5.74, 6) is 0.800. The highest BCUT2D eigenvalue weighted by atomic mass is 16.5. The van der Waals surface area contributed by atoms with Crippen LogP contribution in [0.15, 0.2) is 24.3 Å². The maximum Gasteiger partial charge on any atom is 0.315 e. The SMILES string of the molecule is COc1cccc(C(C)(C)CNC(=O)N[C@@H](C)CO)c1. The summed E-state index contributed by atoms with van der Waals surface area (Å²) in [6, 6.07) is 7.28. The van der Waals surface area contributed by atoms with Gasteiger partial charge in [-0.15, -0.1) is 0 Å². The number of methoxy groups -OCH3 is 1. The summed E-state index contributed by atoms with van der Waals surface area (Å²) in [5, 5.41) is 14.4. The molecular weight excluding hydrogens is 256 g/mol. The first-order valence-electron chi connectivity index (χ1n) is 6.69. The lowest BCUT2D eigenvalue weighted by Gasteiger charge is -2.26. The molecule has 1 aromatic carbocycles. The minimum atomic E-state index is -0.275. The smallest absolute Gasteiger partial charge is 0.315 e. The highest BCUT2D eigenvalue weighted by Gasteiger charge is 2.22. The number of urea groups is 1. The van der Waals surface area contributed by atoms with Gasteiger partial charge in [-0.25, -0.2) is 4.79 Å². The lowest BCUT2D eigenvalue weighted by Crippen LogP contribution is -2.46. The Balaban J connectivity index is 2.62. The maximum absolute atomic E-state index is 11.7. The fraction of sp³-hybridized carbons (Fsp3) is 0.533. The van der Waals surface area contributed by atoms with Crippen LogP contribution >= 0.6 is 0 Å². The fourth-order valence-electron chi connectivity index (χ4n) is 1.77. The van der Waals surface area contributed by atoms with Gasteiger partial charge >= 0.3 is 6.03 Å². The maximum atomic E-state index is 11.7. The minimum absolute atomic E-state index is 0.0767. The van der Waals surface area contributed by atoms with Crippen LogP contribution in [0.1, 0.15) is 26.3 Å². The van der Waals surface area contributed by atoms with E-state index in [1.165, 1.54) is 0 Å². The van der Waals surface area contributed by atoms with E-state index in [-0.39, 0.29) is 24.1 Å². The highest BCUT2D eigenvalue weighted by molar-refractivity contribution is 5.74. The average molecular weight is 280 g/mol. The second-order valence-electron chi connectivity index (χ2n) is 5.53. The summed E-state index contributed by atoms with van der Waals surface area (Å²) in [4.78, 5) is 11.7. The molecule has 112 valence electrons. The molecule has 1 atom stereocenters. The van der Waals surface area contributed by atoms with Crippen LogP contribution in [0, 0.1) is 0 Å². The van der Waals surface area contributed by atoms with E-state index in [2.05, 4.69) is 24.5 Å². The van der Waals surface area contributed by atoms with Gasteiger partial charge in [0.25, 0.3) is 0 Å². The largest absolute Gasteiger partial charge is 0.497 e. The summed E-state index contributed by atoms with van der Waals surface area (Å²) in [6.07, 6.45) is 0. The number of benzene rings is 1. The monoisotopic (exact) mass is 280 g/mol. The molecule has 5 heteroatoms. The molecule has 0 bridgehead atoms. The Kier molecular flexibility index (Phi) is 5.82. The van der Waals surface area contributed by atoms with Crippen LogP contribution in [0.4, 0.5) is 4.79 Å². The third kappa shape index (κ3) is 4.74. The molecule has 0 unspecified atom stereocenters. The van der Waals surface area contributed by atoms with Crippen molar-refractivity contribution in [3.63, 3.8) is 0 Å². The van der Waals surface area contributed by atoms with Gasteiger partial charge in [-0.3, -0.25) is 0 Å². The molecule has 0 radical (unpaired) electrons. The summed E-state index contributed by atoms with van der Waals surface area (Å²) in [6.45, 7) is 6.26. The molecule has 3 N–H and O–H groups in total. The Labute approximate surface area is 120 Å². The third-order valence-electron chi connectivity index (χ3n) is 3.19. The predicted octanol–water partition coefficient (Wildman–Crippen LogP) is 1.65. The Morgan fingerprint density at radius 1 is 1.45 bits per heavy atom. The fourth-order valence-corrected chi connectivity index (χ4v) is 1.77. The van der Waals surface area contributed by atoms with E-state index in [1.54, 1.807) is 14.0 Å². The zero-order valence-corrected chi connectivity index (χ0v) is 12.6. The lowest BCUT2D eigenvalue weighted by atomic mass is 9.84. The first-order valence-corrected chi connectivity index (χ1v) is 6.69. The van der Waals surface area contributed by atoms with E-state index in [1.807, 2.05) is 24.3 Å². The normalized spacial score (nSPS) is 12.7. The van der Waals surface area contributed by atoms with Gasteiger partial charge in [0.15, 0.2) is 0 Å². The van der Waals surface area contributed by atoms with Crippen LogP contribution in [-0.2, 0) is 5.41 Å². The molecule has 2 amide bonds. The second-order valence-corrected chi connectivity index (χ2v) is 5.53. The zero-order chi connectivity index (χ0) is 15.2. The molecule has 1 aromatic rings. The molecule has 20 heavy (non-hydrogen) atoms. The molecule has 0 saturated carbocycles. The van der Waals surface area contributed by atoms with E-state index in [4.69, 9.17) is 9.84 Å². The van der Waals surface area contributed by atoms with Gasteiger partial charge in [0.1, 0.15) is 5.75 Å². The molecule has 0 heterocycles. The number of nitrogens with one attached hydrogen (secondary N) is 2. The van der Waals surface area contributed by atoms with Gasteiger partial charge in [-0.05, 0) is 24.6 Å². The van der Waals surface area contributed by atoms with E-state index in [0.29, 0.717) is 6.54 Å². The van der Waals surface area contributed by atoms with Crippen molar-refractivity contribution in [1.29, 1.82) is 0 Å². The van der Waals surface area contributed by atoms with Crippen LogP contribution in [0.5, 0.6) is 5.75 Å². The van der Waals surface area contributed by atoms with Crippen molar-refractivity contribution in [2.24, 2.45) is 0 Å². The second kappa shape index (κ2) is 7.14. The van der Waals surface area contributed by atoms with Crippen molar-refractivity contribution >= 4 is 6.03 Å². The summed E-state index contributed by atoms with van der Waals surface area (Å²) in [7, 11) is 1.63. The van der Waals surface area contributed by atoms with Crippen molar-refractivity contribution in [1.82, 2.24) is 10.6 Å². The molecule has 0 aromatic heterocycles. The quantitative estimate of drug-likeness (QED) is 0.742. The van der Waals surface area contributed by atoms with Crippen LogP contribution in [0.2, 0.25) is 0 Å². The Bertz CT molecular complexity index is 446. The number of ether oxygens (including phenoxy) is 1. The standard InChI is InChI=1S/C15H24N2O3/c1-11(9-18)17-14(19)16-10-15(2,3)12-6-5-7-13(8-12)20-4/h5-8,11,18H,9-10H2,1-4H3,(H2,16,17,19)/t11-/m0/s1. The molecule has 0 aliphatic rings. The molecule has 0 fully saturated rings. The molecule has 0 saturated heterocycles. The first-order chi connectivity index (χ1) is 9.39. The summed E-state index contributed by atoms with van der Waals surface area (Å²) in [5.41, 5.74) is 0.876. The number of amides is 2. The van der Waals surface area contributed by atoms with Crippen LogP contribution in [0.25, 0.3) is 0 Å². The minimum Gasteiger partial charge on any atom is -0.497 e. The van der Waals surface area contributed by atoms with Crippen molar-refractivity contribution in [3.8, 4) is 5.75 Å². The molecular formula is C15H24N2O3. The van der Waals surface area contributed by atoms with E-state index >= 15 is 0 Å². The van der Waals surface area contributed by atoms with Crippen molar-refractivity contribution in [2.45, 2.75) is 32.2 Å². The Morgan fingerprint density at radius 3 is 2.75 bits per heavy atom. The van der Waals surface area contributed by atoms with Crippen molar-refractivity contribution in [2.75, 3.05) is 20.3 Å². The Morgan fingerprint density at radius 2 is 2.15 bits per heavy atom. The van der Waals surface area contributed by atoms with Gasteiger partial charge < -0.3 is 20.5 Å². The number of carbonyl (C=O) groups is 1. The van der Waals surface area contributed by atoms with Crippen LogP contribution < -0.4 is 15.4 Å². The van der Waals surface area contributed by atoms with E-state index < -0.39 is 0 Å². The van der Waals surface area contributed by atoms with Crippen LogP contribution in [-0.4, -0.2) is 37.4 Å². The lowest BCUT2D eigenvalue weighted by molar-refractivity contribution is 0.218. The predicted molar refractivity (Wildman–Crippen MR) is 79.1 cm³/mol. The topological polar surface area (TPSA) is 70.6 Å². The highest BCUT2D eigenvalue weighted by Crippen LogP contribution is 2.25. The van der Waals surface area contributed by atoms with E-state index in [0.717, 1.165) is 11.3 Å². The summed E-state index contributed by atoms with van der Waals surface area (Å²) < 4.78 is 5.22. The molecule has 0 spiro atoms. The van der Waals surface area contributed by atoms with Crippen LogP contribution in [0.3, 0.4) is 0 Å². The third-order valence-corrected chi connectivity index (χ3v) is 3.19. The van der Waals surface area contributed by atoms with E-state index in [9.17, 15) is 4.79 Å². The van der Waals surface area contributed by atoms with Gasteiger partial charge in [0, 0.05) is 12.0 Å². The Hall–Kier alpha value is -1.75. The molecule has 5 nitrogen and oxygen atoms in total. The first kappa shape index (κ1) is 16.3. The van der Waals surface area contributed by atoms with Crippen molar-refractivity contribution < 1.29 is 14.6 Å². The molecule has 1 rings (SSSR count). The number of aliphatic hydroxyl groups excluding tert-OH is 1. The summed E-state index contributed by atoms with van der Waals surface area (Å²) >= 11 is 0. The molecule has 0 aliphatic carbocycles. The number of hydrogen-bond acceptors (Lipinski definition) is 3. The van der Waals surface area contributed by atoms with Gasteiger partial charge in [0.2, 0.25) is 0 Å². The van der Waals surface area contributed by atoms with Crippen molar-refractivity contribution in [3.05, 3.63) is 29.8 Å². The van der Waals surface area contributed by atoms with Gasteiger partial charge in [0.05, 0.1) is 19.8 Å². The number of hydrogen-bond donors (Lipinski definition) is 3. The molecule has 0 aliphatic heterocycles. The number of aliphatic hydroxyl groups is 1. The zero-order valence-electron chi connectivity index (χ0n) is 12.6. The van der Waals surface area contributed by atoms with Gasteiger partial charge in [-0.1, -0.05) is 26.0 Å². The number of carbonyl (C=O) groups excluding carboxylic acids is 1. The average Bonchev–Trinajstić information content (AvgIpc) is 2.45. The number of rotatable bonds is 6.